The molecule has 12 amide bonds. The van der Waals surface area contributed by atoms with Gasteiger partial charge in [0, 0.05) is 49.3 Å². The van der Waals surface area contributed by atoms with Gasteiger partial charge in [-0.1, -0.05) is 76.2 Å². The Balaban J connectivity index is 3.95. The lowest BCUT2D eigenvalue weighted by Crippen LogP contribution is -2.61. The van der Waals surface area contributed by atoms with Crippen LogP contribution in [-0.2, 0) is 47.9 Å². The highest BCUT2D eigenvalue weighted by molar-refractivity contribution is 6.01. The molecular formula is C50H89N11O11. The smallest absolute Gasteiger partial charge is 0.324 e. The fraction of sp³-hybridized carbons (Fsp3) is 0.780. The third-order valence-corrected chi connectivity index (χ3v) is 13.0. The van der Waals surface area contributed by atoms with Gasteiger partial charge >= 0.3 is 6.03 Å². The first-order valence-corrected chi connectivity index (χ1v) is 25.2. The van der Waals surface area contributed by atoms with Gasteiger partial charge in [-0.25, -0.2) is 4.79 Å². The SMILES string of the molecule is CC[C@H]1NC(=O)N(C)C(=O)[C@@H](C(C)C)N(C)C(=O)[C@@H](CC(C)C)N(C)C(=O)[C@@H](CC(C)C)N(C)C(=O)[C@H](C)NC(=O)[C@@H](C)NC(=O)[C@@H](CC(C)C)N(C)C(=O)[C@@H](C(C)C)NC(=O)CN(C)C(=O)CN(C)C1=O. The highest BCUT2D eigenvalue weighted by Crippen LogP contribution is 2.23. The van der Waals surface area contributed by atoms with E-state index in [2.05, 4.69) is 21.3 Å². The van der Waals surface area contributed by atoms with Gasteiger partial charge in [-0.2, -0.15) is 0 Å². The zero-order valence-electron chi connectivity index (χ0n) is 46.9. The van der Waals surface area contributed by atoms with E-state index in [1.54, 1.807) is 34.6 Å². The van der Waals surface area contributed by atoms with E-state index in [9.17, 15) is 52.7 Å². The molecule has 1 saturated heterocycles. The van der Waals surface area contributed by atoms with Crippen molar-refractivity contribution in [1.82, 2.24) is 55.6 Å². The van der Waals surface area contributed by atoms with Crippen molar-refractivity contribution in [2.75, 3.05) is 62.4 Å². The van der Waals surface area contributed by atoms with Gasteiger partial charge in [0.15, 0.2) is 0 Å². The average Bonchev–Trinajstić information content (AvgIpc) is 3.29. The largest absolute Gasteiger partial charge is 0.343 e. The fourth-order valence-electron chi connectivity index (χ4n) is 8.48. The molecule has 0 saturated carbocycles. The Labute approximate surface area is 428 Å². The predicted octanol–water partition coefficient (Wildman–Crippen LogP) is 1.12. The second-order valence-corrected chi connectivity index (χ2v) is 21.4. The Hall–Kier alpha value is -5.83. The van der Waals surface area contributed by atoms with Gasteiger partial charge < -0.3 is 50.7 Å². The van der Waals surface area contributed by atoms with Gasteiger partial charge in [0.05, 0.1) is 13.1 Å². The van der Waals surface area contributed by atoms with Crippen LogP contribution in [0.3, 0.4) is 0 Å². The van der Waals surface area contributed by atoms with Crippen LogP contribution in [0.25, 0.3) is 0 Å². The molecule has 0 aromatic heterocycles. The first kappa shape index (κ1) is 64.2. The number of hydrogen-bond donors (Lipinski definition) is 4. The fourth-order valence-corrected chi connectivity index (χ4v) is 8.48. The molecule has 0 aromatic rings. The number of likely N-dealkylation sites (N-methyl/N-ethyl adjacent to an activating group) is 7. The average molecular weight is 1020 g/mol. The third-order valence-electron chi connectivity index (χ3n) is 13.0. The van der Waals surface area contributed by atoms with E-state index in [0.717, 1.165) is 14.7 Å². The Morgan fingerprint density at radius 2 is 0.903 bits per heavy atom. The highest BCUT2D eigenvalue weighted by atomic mass is 16.2. The number of hydrogen-bond acceptors (Lipinski definition) is 11. The van der Waals surface area contributed by atoms with Crippen LogP contribution in [0.4, 0.5) is 4.79 Å². The quantitative estimate of drug-likeness (QED) is 0.255. The summed E-state index contributed by atoms with van der Waals surface area (Å²) in [5, 5.41) is 10.6. The molecule has 0 unspecified atom stereocenters. The molecule has 4 N–H and O–H groups in total. The van der Waals surface area contributed by atoms with Crippen molar-refractivity contribution in [3.8, 4) is 0 Å². The topological polar surface area (TPSA) is 259 Å². The van der Waals surface area contributed by atoms with Gasteiger partial charge in [0.2, 0.25) is 53.2 Å². The molecule has 1 fully saturated rings. The van der Waals surface area contributed by atoms with Crippen molar-refractivity contribution in [3.63, 3.8) is 0 Å². The maximum Gasteiger partial charge on any atom is 0.324 e. The van der Waals surface area contributed by atoms with Crippen LogP contribution in [0.1, 0.15) is 116 Å². The molecule has 0 radical (unpaired) electrons. The lowest BCUT2D eigenvalue weighted by molar-refractivity contribution is -0.154. The number of rotatable bonds is 9. The van der Waals surface area contributed by atoms with Crippen molar-refractivity contribution >= 4 is 65.1 Å². The summed E-state index contributed by atoms with van der Waals surface area (Å²) in [4.78, 5) is 162. The lowest BCUT2D eigenvalue weighted by Gasteiger charge is -2.40. The van der Waals surface area contributed by atoms with Crippen molar-refractivity contribution in [3.05, 3.63) is 0 Å². The molecule has 0 bridgehead atoms. The van der Waals surface area contributed by atoms with Crippen LogP contribution >= 0.6 is 0 Å². The molecule has 1 aliphatic rings. The van der Waals surface area contributed by atoms with E-state index in [4.69, 9.17) is 0 Å². The number of nitrogens with one attached hydrogen (secondary N) is 4. The van der Waals surface area contributed by atoms with E-state index in [0.29, 0.717) is 0 Å². The molecule has 410 valence electrons. The summed E-state index contributed by atoms with van der Waals surface area (Å²) in [6, 6.07) is -10.2. The van der Waals surface area contributed by atoms with E-state index < -0.39 is 138 Å². The standard InChI is InChI=1S/C50H89N11O11/c1-21-34-45(67)56(15)26-39(63)55(14)25-38(62)54-40(30(8)9)48(70)57(16)35(22-27(2)3)43(65)51-32(12)42(64)52-33(13)44(66)58(17)36(23-28(4)5)46(68)59(18)37(24-29(6)7)47(69)60(19)41(31(10)11)49(71)61(20)50(72)53-34/h27-37,40-41H,21-26H2,1-20H3,(H,51,65)(H,52,64)(H,53,72)(H,54,62)/t32-,33+,34-,35-,36-,37-,40-,41-/m1/s1. The summed E-state index contributed by atoms with van der Waals surface area (Å²) in [5.41, 5.74) is 0. The van der Waals surface area contributed by atoms with Crippen molar-refractivity contribution in [2.24, 2.45) is 29.6 Å². The minimum atomic E-state index is -1.22. The molecule has 0 aromatic carbocycles. The Morgan fingerprint density at radius 1 is 0.458 bits per heavy atom. The molecule has 1 aliphatic heterocycles. The van der Waals surface area contributed by atoms with E-state index >= 15 is 0 Å². The molecule has 22 nitrogen and oxygen atoms in total. The monoisotopic (exact) mass is 1020 g/mol. The van der Waals surface area contributed by atoms with E-state index in [-0.39, 0.29) is 43.4 Å². The first-order valence-electron chi connectivity index (χ1n) is 25.2. The van der Waals surface area contributed by atoms with Gasteiger partial charge in [-0.3, -0.25) is 52.8 Å². The molecule has 0 spiro atoms. The summed E-state index contributed by atoms with van der Waals surface area (Å²) in [6.07, 6.45) is 0.595. The Morgan fingerprint density at radius 3 is 1.36 bits per heavy atom. The molecule has 0 aliphatic carbocycles. The number of amides is 12. The van der Waals surface area contributed by atoms with Crippen molar-refractivity contribution < 1.29 is 52.7 Å². The van der Waals surface area contributed by atoms with Crippen LogP contribution in [-0.4, -0.2) is 210 Å². The first-order chi connectivity index (χ1) is 33.1. The normalized spacial score (nSPS) is 26.2. The molecule has 1 heterocycles. The second kappa shape index (κ2) is 28.4. The van der Waals surface area contributed by atoms with Gasteiger partial charge in [-0.15, -0.1) is 0 Å². The molecule has 8 atom stereocenters. The summed E-state index contributed by atoms with van der Waals surface area (Å²) >= 11 is 0. The summed E-state index contributed by atoms with van der Waals surface area (Å²) < 4.78 is 0. The minimum Gasteiger partial charge on any atom is -0.343 e. The summed E-state index contributed by atoms with van der Waals surface area (Å²) in [6.45, 7) is 21.5. The van der Waals surface area contributed by atoms with Crippen LogP contribution in [0.2, 0.25) is 0 Å². The molecular weight excluding hydrogens is 931 g/mol. The second-order valence-electron chi connectivity index (χ2n) is 21.4. The third kappa shape index (κ3) is 17.7. The maximum atomic E-state index is 14.7. The number of carbonyl (C=O) groups excluding carboxylic acids is 11. The molecule has 1 rings (SSSR count). The van der Waals surface area contributed by atoms with E-state index in [1.165, 1.54) is 82.8 Å². The van der Waals surface area contributed by atoms with Crippen molar-refractivity contribution in [1.29, 1.82) is 0 Å². The maximum absolute atomic E-state index is 14.7. The van der Waals surface area contributed by atoms with Crippen LogP contribution in [0.15, 0.2) is 0 Å². The predicted molar refractivity (Wildman–Crippen MR) is 272 cm³/mol. The van der Waals surface area contributed by atoms with Gasteiger partial charge in [0.1, 0.15) is 48.3 Å². The number of carbonyl (C=O) groups is 11. The highest BCUT2D eigenvalue weighted by Gasteiger charge is 2.42. The zero-order chi connectivity index (χ0) is 56.0. The molecule has 22 heteroatoms. The lowest BCUT2D eigenvalue weighted by atomic mass is 9.95. The van der Waals surface area contributed by atoms with Crippen molar-refractivity contribution in [2.45, 2.75) is 164 Å². The summed E-state index contributed by atoms with van der Waals surface area (Å²) in [5.74, 6) is -7.94. The van der Waals surface area contributed by atoms with E-state index in [1.807, 2.05) is 41.5 Å². The van der Waals surface area contributed by atoms with Gasteiger partial charge in [-0.05, 0) is 69.1 Å². The summed E-state index contributed by atoms with van der Waals surface area (Å²) in [7, 11) is 9.63. The molecule has 72 heavy (non-hydrogen) atoms. The van der Waals surface area contributed by atoms with Crippen LogP contribution < -0.4 is 21.3 Å². The number of urea groups is 1. The van der Waals surface area contributed by atoms with Crippen LogP contribution in [0, 0.1) is 29.6 Å². The minimum absolute atomic E-state index is 0.0660. The number of nitrogens with zero attached hydrogens (tertiary/aromatic N) is 7. The number of imide groups is 1. The zero-order valence-corrected chi connectivity index (χ0v) is 46.9. The van der Waals surface area contributed by atoms with Gasteiger partial charge in [0.25, 0.3) is 5.91 Å². The Bertz CT molecular complexity index is 1960. The van der Waals surface area contributed by atoms with Crippen LogP contribution in [0.5, 0.6) is 0 Å². The Kier molecular flexibility index (Phi) is 25.3.